The van der Waals surface area contributed by atoms with Crippen molar-refractivity contribution in [2.24, 2.45) is 0 Å². The van der Waals surface area contributed by atoms with E-state index in [4.69, 9.17) is 9.31 Å². The van der Waals surface area contributed by atoms with E-state index in [2.05, 4.69) is 94.5 Å². The minimum Gasteiger partial charge on any atom is -0.399 e. The second kappa shape index (κ2) is 5.70. The highest BCUT2D eigenvalue weighted by Gasteiger charge is 2.51. The van der Waals surface area contributed by atoms with Crippen molar-refractivity contribution < 1.29 is 9.31 Å². The molecule has 3 heteroatoms. The van der Waals surface area contributed by atoms with E-state index < -0.39 is 0 Å². The molecule has 27 heavy (non-hydrogen) atoms. The van der Waals surface area contributed by atoms with Crippen LogP contribution < -0.4 is 5.46 Å². The first-order chi connectivity index (χ1) is 12.9. The van der Waals surface area contributed by atoms with Crippen molar-refractivity contribution >= 4 is 12.6 Å². The number of fused-ring (bicyclic) bond motifs is 6. The van der Waals surface area contributed by atoms with Crippen molar-refractivity contribution in [3.63, 3.8) is 0 Å². The summed E-state index contributed by atoms with van der Waals surface area (Å²) in [5.74, 6) is 0.814. The summed E-state index contributed by atoms with van der Waals surface area (Å²) < 4.78 is 12.6. The molecule has 1 saturated heterocycles. The Morgan fingerprint density at radius 3 is 2.00 bits per heavy atom. The maximum Gasteiger partial charge on any atom is 0.494 e. The first kappa shape index (κ1) is 17.0. The van der Waals surface area contributed by atoms with Crippen LogP contribution in [0.1, 0.15) is 50.7 Å². The van der Waals surface area contributed by atoms with Gasteiger partial charge in [-0.3, -0.25) is 0 Å². The molecule has 5 rings (SSSR count). The normalized spacial score (nSPS) is 26.4. The molecule has 0 spiro atoms. The monoisotopic (exact) mass is 356 g/mol. The number of allylic oxidation sites excluding steroid dienone is 4. The van der Waals surface area contributed by atoms with Gasteiger partial charge in [-0.05, 0) is 55.4 Å². The largest absolute Gasteiger partial charge is 0.494 e. The molecule has 0 aromatic heterocycles. The van der Waals surface area contributed by atoms with Gasteiger partial charge in [-0.15, -0.1) is 0 Å². The van der Waals surface area contributed by atoms with E-state index in [1.807, 2.05) is 0 Å². The Balaban J connectivity index is 1.62. The van der Waals surface area contributed by atoms with Crippen LogP contribution in [0.5, 0.6) is 0 Å². The second-order valence-electron chi connectivity index (χ2n) is 8.84. The third kappa shape index (κ3) is 2.49. The van der Waals surface area contributed by atoms with Gasteiger partial charge in [0, 0.05) is 11.8 Å². The van der Waals surface area contributed by atoms with E-state index in [1.54, 1.807) is 0 Å². The minimum atomic E-state index is -0.327. The van der Waals surface area contributed by atoms with Gasteiger partial charge in [0.1, 0.15) is 0 Å². The molecule has 1 heterocycles. The van der Waals surface area contributed by atoms with Crippen LogP contribution in [0.25, 0.3) is 11.1 Å². The van der Waals surface area contributed by atoms with Gasteiger partial charge in [0.05, 0.1) is 11.2 Å². The van der Waals surface area contributed by atoms with Gasteiger partial charge in [-0.1, -0.05) is 66.8 Å². The van der Waals surface area contributed by atoms with Crippen LogP contribution in [-0.2, 0) is 9.31 Å². The smallest absolute Gasteiger partial charge is 0.399 e. The highest BCUT2D eigenvalue weighted by atomic mass is 16.7. The summed E-state index contributed by atoms with van der Waals surface area (Å²) in [5, 5.41) is 0. The molecule has 2 aromatic rings. The van der Waals surface area contributed by atoms with E-state index in [9.17, 15) is 0 Å². The predicted octanol–water partition coefficient (Wildman–Crippen LogP) is 4.96. The SMILES string of the molecule is CC1(C)OB(c2ccc3c(c2)-c2ccccc2[C@H]2C=CC=C[C@@H]32)OC1(C)C. The summed E-state index contributed by atoms with van der Waals surface area (Å²) in [4.78, 5) is 0. The molecule has 136 valence electrons. The van der Waals surface area contributed by atoms with Crippen molar-refractivity contribution in [3.8, 4) is 11.1 Å². The lowest BCUT2D eigenvalue weighted by Gasteiger charge is -2.34. The summed E-state index contributed by atoms with van der Waals surface area (Å²) in [5.41, 5.74) is 5.87. The lowest BCUT2D eigenvalue weighted by atomic mass is 9.68. The molecule has 1 fully saturated rings. The topological polar surface area (TPSA) is 18.5 Å². The molecule has 2 aromatic carbocycles. The first-order valence-electron chi connectivity index (χ1n) is 9.81. The highest BCUT2D eigenvalue weighted by Crippen LogP contribution is 2.49. The van der Waals surface area contributed by atoms with Crippen molar-refractivity contribution in [1.29, 1.82) is 0 Å². The van der Waals surface area contributed by atoms with Crippen molar-refractivity contribution in [3.05, 3.63) is 77.9 Å². The Bertz CT molecular complexity index is 954. The fourth-order valence-corrected chi connectivity index (χ4v) is 4.46. The maximum atomic E-state index is 6.29. The Labute approximate surface area is 162 Å². The van der Waals surface area contributed by atoms with Crippen LogP contribution in [0.3, 0.4) is 0 Å². The minimum absolute atomic E-state index is 0.326. The van der Waals surface area contributed by atoms with Crippen molar-refractivity contribution in [2.75, 3.05) is 0 Å². The van der Waals surface area contributed by atoms with Gasteiger partial charge in [0.25, 0.3) is 0 Å². The average molecular weight is 356 g/mol. The molecular weight excluding hydrogens is 331 g/mol. The van der Waals surface area contributed by atoms with Gasteiger partial charge in [0.15, 0.2) is 0 Å². The van der Waals surface area contributed by atoms with Crippen molar-refractivity contribution in [1.82, 2.24) is 0 Å². The van der Waals surface area contributed by atoms with Crippen LogP contribution in [0.4, 0.5) is 0 Å². The van der Waals surface area contributed by atoms with Gasteiger partial charge in [-0.2, -0.15) is 0 Å². The molecule has 0 bridgehead atoms. The molecule has 2 nitrogen and oxygen atoms in total. The third-order valence-corrected chi connectivity index (χ3v) is 6.71. The fourth-order valence-electron chi connectivity index (χ4n) is 4.46. The molecule has 0 unspecified atom stereocenters. The zero-order chi connectivity index (χ0) is 18.8. The summed E-state index contributed by atoms with van der Waals surface area (Å²) in [7, 11) is -0.327. The van der Waals surface area contributed by atoms with E-state index in [1.165, 1.54) is 22.3 Å². The molecular formula is C24H25BO2. The van der Waals surface area contributed by atoms with Gasteiger partial charge < -0.3 is 9.31 Å². The average Bonchev–Trinajstić information content (AvgIpc) is 2.89. The number of benzene rings is 2. The second-order valence-corrected chi connectivity index (χ2v) is 8.84. The first-order valence-corrected chi connectivity index (χ1v) is 9.81. The van der Waals surface area contributed by atoms with E-state index in [0.717, 1.165) is 5.46 Å². The molecule has 0 radical (unpaired) electrons. The van der Waals surface area contributed by atoms with Gasteiger partial charge >= 0.3 is 7.12 Å². The zero-order valence-corrected chi connectivity index (χ0v) is 16.4. The third-order valence-electron chi connectivity index (χ3n) is 6.71. The van der Waals surface area contributed by atoms with E-state index >= 15 is 0 Å². The molecule has 1 aliphatic heterocycles. The molecule has 0 N–H and O–H groups in total. The lowest BCUT2D eigenvalue weighted by molar-refractivity contribution is 0.00578. The summed E-state index contributed by atoms with van der Waals surface area (Å²) in [6.45, 7) is 8.41. The quantitative estimate of drug-likeness (QED) is 0.673. The molecule has 0 saturated carbocycles. The summed E-state index contributed by atoms with van der Waals surface area (Å²) >= 11 is 0. The predicted molar refractivity (Wildman–Crippen MR) is 111 cm³/mol. The number of hydrogen-bond donors (Lipinski definition) is 0. The van der Waals surface area contributed by atoms with Crippen LogP contribution in [-0.4, -0.2) is 18.3 Å². The Morgan fingerprint density at radius 2 is 1.33 bits per heavy atom. The van der Waals surface area contributed by atoms with Crippen LogP contribution >= 0.6 is 0 Å². The van der Waals surface area contributed by atoms with Crippen molar-refractivity contribution in [2.45, 2.75) is 50.7 Å². The van der Waals surface area contributed by atoms with Gasteiger partial charge in [-0.25, -0.2) is 0 Å². The fraction of sp³-hybridized carbons (Fsp3) is 0.333. The molecule has 2 aliphatic carbocycles. The van der Waals surface area contributed by atoms with Crippen LogP contribution in [0.2, 0.25) is 0 Å². The Morgan fingerprint density at radius 1 is 0.741 bits per heavy atom. The van der Waals surface area contributed by atoms with E-state index in [0.29, 0.717) is 11.8 Å². The number of rotatable bonds is 1. The molecule has 0 amide bonds. The number of hydrogen-bond acceptors (Lipinski definition) is 2. The zero-order valence-electron chi connectivity index (χ0n) is 16.4. The highest BCUT2D eigenvalue weighted by molar-refractivity contribution is 6.62. The Kier molecular flexibility index (Phi) is 3.60. The van der Waals surface area contributed by atoms with Crippen LogP contribution in [0.15, 0.2) is 66.8 Å². The molecule has 3 aliphatic rings. The maximum absolute atomic E-state index is 6.29. The van der Waals surface area contributed by atoms with Gasteiger partial charge in [0.2, 0.25) is 0 Å². The van der Waals surface area contributed by atoms with Crippen LogP contribution in [0, 0.1) is 0 Å². The molecule has 2 atom stereocenters. The summed E-state index contributed by atoms with van der Waals surface area (Å²) in [6, 6.07) is 15.5. The lowest BCUT2D eigenvalue weighted by Crippen LogP contribution is -2.41. The summed E-state index contributed by atoms with van der Waals surface area (Å²) in [6.07, 6.45) is 8.99. The Hall–Kier alpha value is -2.10. The van der Waals surface area contributed by atoms with E-state index in [-0.39, 0.29) is 18.3 Å². The standard InChI is InChI=1S/C24H25BO2/c1-23(2)24(3,4)27-25(26-23)16-13-14-21-19-11-6-5-9-17(19)18-10-7-8-12-20(18)22(21)15-16/h5-15,17,19H,1-4H3/t17-,19-/m1/s1.